The van der Waals surface area contributed by atoms with Gasteiger partial charge in [-0.2, -0.15) is 0 Å². The normalized spacial score (nSPS) is 15.3. The van der Waals surface area contributed by atoms with Crippen LogP contribution in [0.3, 0.4) is 0 Å². The fourth-order valence-electron chi connectivity index (χ4n) is 5.53. The molecule has 5 rings (SSSR count). The van der Waals surface area contributed by atoms with Crippen LogP contribution >= 0.6 is 15.9 Å². The summed E-state index contributed by atoms with van der Waals surface area (Å²) in [5, 5.41) is 0. The van der Waals surface area contributed by atoms with Gasteiger partial charge in [0.15, 0.2) is 17.4 Å². The smallest absolute Gasteiger partial charge is 0.203 e. The summed E-state index contributed by atoms with van der Waals surface area (Å²) in [6.45, 7) is 9.16. The second kappa shape index (κ2) is 12.9. The van der Waals surface area contributed by atoms with Crippen LogP contribution in [0.25, 0.3) is 11.3 Å². The number of nitrogens with zero attached hydrogens (tertiary/aromatic N) is 3. The maximum atomic E-state index is 6.45. The molecule has 0 amide bonds. The summed E-state index contributed by atoms with van der Waals surface area (Å²) in [5.41, 5.74) is 5.45. The molecule has 3 aromatic rings. The van der Waals surface area contributed by atoms with Crippen LogP contribution in [0.5, 0.6) is 17.2 Å². The molecule has 1 aliphatic heterocycles. The van der Waals surface area contributed by atoms with Gasteiger partial charge in [-0.1, -0.05) is 15.9 Å². The summed E-state index contributed by atoms with van der Waals surface area (Å²) in [6.07, 6.45) is 6.32. The fraction of sp³-hybridized carbons (Fsp3) is 0.441. The van der Waals surface area contributed by atoms with Gasteiger partial charge < -0.3 is 28.7 Å². The molecule has 0 N–H and O–H groups in total. The van der Waals surface area contributed by atoms with E-state index in [1.165, 1.54) is 16.8 Å². The largest absolute Gasteiger partial charge is 0.493 e. The van der Waals surface area contributed by atoms with Crippen molar-refractivity contribution in [2.24, 2.45) is 0 Å². The summed E-state index contributed by atoms with van der Waals surface area (Å²) < 4.78 is 24.2. The van der Waals surface area contributed by atoms with Crippen LogP contribution in [0.2, 0.25) is 0 Å². The van der Waals surface area contributed by atoms with Gasteiger partial charge in [-0.3, -0.25) is 4.98 Å². The van der Waals surface area contributed by atoms with Gasteiger partial charge in [-0.15, -0.1) is 0 Å². The monoisotopic (exact) mass is 635 g/mol. The number of ether oxygens (including phenoxy) is 4. The van der Waals surface area contributed by atoms with Gasteiger partial charge in [-0.25, -0.2) is 0 Å². The summed E-state index contributed by atoms with van der Waals surface area (Å²) in [5.74, 6) is 2.91. The van der Waals surface area contributed by atoms with Gasteiger partial charge in [0.05, 0.1) is 27.0 Å². The maximum absolute atomic E-state index is 6.45. The molecule has 2 heterocycles. The van der Waals surface area contributed by atoms with Gasteiger partial charge in [0, 0.05) is 47.6 Å². The Bertz CT molecular complexity index is 1380. The second-order valence-corrected chi connectivity index (χ2v) is 12.8. The van der Waals surface area contributed by atoms with E-state index in [1.54, 1.807) is 21.3 Å². The maximum Gasteiger partial charge on any atom is 0.203 e. The Morgan fingerprint density at radius 1 is 0.929 bits per heavy atom. The summed E-state index contributed by atoms with van der Waals surface area (Å²) >= 11 is 3.61. The second-order valence-electron chi connectivity index (χ2n) is 11.9. The molecule has 0 bridgehead atoms. The van der Waals surface area contributed by atoms with Crippen LogP contribution in [0, 0.1) is 0 Å². The highest BCUT2D eigenvalue weighted by Crippen LogP contribution is 2.41. The number of anilines is 1. The molecule has 7 nitrogen and oxygen atoms in total. The Kier molecular flexibility index (Phi) is 9.21. The van der Waals surface area contributed by atoms with E-state index in [2.05, 4.69) is 82.9 Å². The number of likely N-dealkylation sites (tertiary alicyclic amines) is 1. The van der Waals surface area contributed by atoms with Crippen LogP contribution in [0.1, 0.15) is 52.0 Å². The highest BCUT2D eigenvalue weighted by molar-refractivity contribution is 9.10. The van der Waals surface area contributed by atoms with E-state index in [4.69, 9.17) is 23.9 Å². The molecule has 42 heavy (non-hydrogen) atoms. The highest BCUT2D eigenvalue weighted by atomic mass is 79.9. The molecule has 0 radical (unpaired) electrons. The third kappa shape index (κ3) is 7.14. The molecule has 1 saturated heterocycles. The molecular weight excluding hydrogens is 594 g/mol. The number of halogens is 1. The van der Waals surface area contributed by atoms with Gasteiger partial charge in [0.2, 0.25) is 5.75 Å². The first-order chi connectivity index (χ1) is 20.2. The standard InChI is InChI=1S/C34H42BrN3O4/c1-34(2,3)42-33(24-7-8-24)37-17-14-28(15-18-37)38(27-11-9-26(35)10-12-27)22-23-13-16-36-29(19-23)25-20-30(39-4)32(41-6)31(21-25)40-5/h9-13,16,19-21,28H,7-8,14-15,17-18,22H2,1-6H3. The van der Waals surface area contributed by atoms with E-state index in [0.29, 0.717) is 23.3 Å². The van der Waals surface area contributed by atoms with Gasteiger partial charge in [0.25, 0.3) is 0 Å². The van der Waals surface area contributed by atoms with Gasteiger partial charge in [0.1, 0.15) is 5.60 Å². The van der Waals surface area contributed by atoms with Crippen LogP contribution in [0.4, 0.5) is 5.69 Å². The summed E-state index contributed by atoms with van der Waals surface area (Å²) in [7, 11) is 4.87. The lowest BCUT2D eigenvalue weighted by Gasteiger charge is -2.42. The number of hydrogen-bond acceptors (Lipinski definition) is 7. The molecule has 2 aliphatic rings. The third-order valence-corrected chi connectivity index (χ3v) is 8.22. The van der Waals surface area contributed by atoms with Crippen LogP contribution < -0.4 is 19.1 Å². The number of pyridine rings is 1. The molecule has 224 valence electrons. The van der Waals surface area contributed by atoms with Crippen molar-refractivity contribution >= 4 is 21.6 Å². The predicted octanol–water partition coefficient (Wildman–Crippen LogP) is 7.83. The lowest BCUT2D eigenvalue weighted by atomic mass is 10.0. The molecule has 1 aromatic heterocycles. The van der Waals surface area contributed by atoms with E-state index in [9.17, 15) is 0 Å². The molecule has 0 atom stereocenters. The summed E-state index contributed by atoms with van der Waals surface area (Å²) in [4.78, 5) is 9.72. The van der Waals surface area contributed by atoms with Crippen molar-refractivity contribution in [3.63, 3.8) is 0 Å². The Labute approximate surface area is 258 Å². The van der Waals surface area contributed by atoms with Crippen molar-refractivity contribution in [2.75, 3.05) is 39.3 Å². The quantitative estimate of drug-likeness (QED) is 0.210. The topological polar surface area (TPSA) is 56.3 Å². The van der Waals surface area contributed by atoms with Crippen LogP contribution in [-0.2, 0) is 11.3 Å². The van der Waals surface area contributed by atoms with Crippen molar-refractivity contribution in [2.45, 2.75) is 64.6 Å². The lowest BCUT2D eigenvalue weighted by Crippen LogP contribution is -2.45. The molecule has 8 heteroatoms. The first-order valence-corrected chi connectivity index (χ1v) is 15.4. The SMILES string of the molecule is COc1cc(-c2cc(CN(c3ccc(Br)cc3)C3CCN(C(OC(C)(C)C)=C4CC4)CC3)ccn2)cc(OC)c1OC. The number of piperidine rings is 1. The number of methoxy groups -OCH3 is 3. The van der Waals surface area contributed by atoms with E-state index >= 15 is 0 Å². The number of aromatic nitrogens is 1. The Morgan fingerprint density at radius 3 is 2.12 bits per heavy atom. The predicted molar refractivity (Wildman–Crippen MR) is 171 cm³/mol. The minimum atomic E-state index is -0.192. The molecule has 1 aliphatic carbocycles. The number of rotatable bonds is 10. The average Bonchev–Trinajstić information content (AvgIpc) is 3.84. The molecule has 0 unspecified atom stereocenters. The number of hydrogen-bond donors (Lipinski definition) is 0. The van der Waals surface area contributed by atoms with E-state index in [1.807, 2.05) is 18.3 Å². The average molecular weight is 637 g/mol. The Morgan fingerprint density at radius 2 is 1.57 bits per heavy atom. The minimum Gasteiger partial charge on any atom is -0.493 e. The lowest BCUT2D eigenvalue weighted by molar-refractivity contribution is -0.00541. The Balaban J connectivity index is 1.39. The zero-order chi connectivity index (χ0) is 29.9. The molecule has 2 fully saturated rings. The zero-order valence-corrected chi connectivity index (χ0v) is 27.2. The number of allylic oxidation sites excluding steroid dienone is 1. The first kappa shape index (κ1) is 30.1. The molecule has 2 aromatic carbocycles. The van der Waals surface area contributed by atoms with E-state index in [0.717, 1.165) is 66.9 Å². The fourth-order valence-corrected chi connectivity index (χ4v) is 5.79. The Hall–Kier alpha value is -3.39. The van der Waals surface area contributed by atoms with Gasteiger partial charge >= 0.3 is 0 Å². The van der Waals surface area contributed by atoms with E-state index < -0.39 is 0 Å². The minimum absolute atomic E-state index is 0.192. The molecular formula is C34H42BrN3O4. The highest BCUT2D eigenvalue weighted by Gasteiger charge is 2.32. The first-order valence-electron chi connectivity index (χ1n) is 14.6. The van der Waals surface area contributed by atoms with Crippen molar-refractivity contribution in [3.05, 3.63) is 76.2 Å². The molecule has 1 saturated carbocycles. The van der Waals surface area contributed by atoms with Crippen molar-refractivity contribution in [1.82, 2.24) is 9.88 Å². The van der Waals surface area contributed by atoms with Crippen molar-refractivity contribution < 1.29 is 18.9 Å². The zero-order valence-electron chi connectivity index (χ0n) is 25.6. The molecule has 0 spiro atoms. The van der Waals surface area contributed by atoms with Crippen LogP contribution in [0.15, 0.2) is 70.7 Å². The summed E-state index contributed by atoms with van der Waals surface area (Å²) in [6, 6.07) is 17.2. The van der Waals surface area contributed by atoms with Gasteiger partial charge in [-0.05, 0) is 106 Å². The van der Waals surface area contributed by atoms with Crippen LogP contribution in [-0.4, -0.2) is 55.9 Å². The van der Waals surface area contributed by atoms with Crippen molar-refractivity contribution in [1.29, 1.82) is 0 Å². The number of benzene rings is 2. The third-order valence-electron chi connectivity index (χ3n) is 7.69. The van der Waals surface area contributed by atoms with Crippen molar-refractivity contribution in [3.8, 4) is 28.5 Å². The van der Waals surface area contributed by atoms with E-state index in [-0.39, 0.29) is 5.60 Å².